The van der Waals surface area contributed by atoms with Crippen molar-refractivity contribution in [2.24, 2.45) is 0 Å². The summed E-state index contributed by atoms with van der Waals surface area (Å²) in [4.78, 5) is 12.6. The molecule has 0 fully saturated rings. The average molecular weight is 128 g/mol. The maximum Gasteiger partial charge on any atom is 0.222 e. The molecule has 2 nitrogen and oxygen atoms in total. The molecule has 0 unspecified atom stereocenters. The molecule has 0 rings (SSSR count). The second kappa shape index (κ2) is 4.36. The number of carbonyl (C=O) groups excluding carboxylic acids is 1. The summed E-state index contributed by atoms with van der Waals surface area (Å²) >= 11 is 0. The van der Waals surface area contributed by atoms with Gasteiger partial charge >= 0.3 is 0 Å². The molecule has 0 saturated heterocycles. The zero-order chi connectivity index (χ0) is 7.28. The second-order valence-corrected chi connectivity index (χ2v) is 1.83. The van der Waals surface area contributed by atoms with Gasteiger partial charge in [-0.05, 0) is 13.8 Å². The Hall–Kier alpha value is -0.530. The first kappa shape index (κ1) is 8.47. The Morgan fingerprint density at radius 1 is 1.56 bits per heavy atom. The van der Waals surface area contributed by atoms with Crippen LogP contribution in [0.1, 0.15) is 20.3 Å². The van der Waals surface area contributed by atoms with Gasteiger partial charge in [-0.15, -0.1) is 0 Å². The Bertz CT molecular complexity index is 86.9. The van der Waals surface area contributed by atoms with E-state index in [1.165, 1.54) is 0 Å². The lowest BCUT2D eigenvalue weighted by Crippen LogP contribution is -2.29. The van der Waals surface area contributed by atoms with Gasteiger partial charge in [0.15, 0.2) is 0 Å². The highest BCUT2D eigenvalue weighted by Gasteiger charge is 2.04. The molecule has 9 heavy (non-hydrogen) atoms. The zero-order valence-electron chi connectivity index (χ0n) is 6.18. The van der Waals surface area contributed by atoms with Crippen molar-refractivity contribution >= 4 is 5.91 Å². The van der Waals surface area contributed by atoms with Crippen LogP contribution in [0.5, 0.6) is 0 Å². The number of carbonyl (C=O) groups is 1. The van der Waals surface area contributed by atoms with Gasteiger partial charge < -0.3 is 4.90 Å². The van der Waals surface area contributed by atoms with Crippen LogP contribution >= 0.6 is 0 Å². The largest absolute Gasteiger partial charge is 0.343 e. The third-order valence-electron chi connectivity index (χ3n) is 1.31. The molecule has 0 heterocycles. The minimum Gasteiger partial charge on any atom is -0.343 e. The number of hydrogen-bond donors (Lipinski definition) is 0. The summed E-state index contributed by atoms with van der Waals surface area (Å²) < 4.78 is 0. The standard InChI is InChI=1S/C7H14NO/c1-4-7(9)8(5-2)6-3/h2,4-6H2,1,3H3. The van der Waals surface area contributed by atoms with Crippen LogP contribution in [0.25, 0.3) is 0 Å². The van der Waals surface area contributed by atoms with Gasteiger partial charge in [-0.2, -0.15) is 0 Å². The van der Waals surface area contributed by atoms with E-state index in [0.717, 1.165) is 6.54 Å². The minimum atomic E-state index is 0.188. The maximum atomic E-state index is 10.9. The highest BCUT2D eigenvalue weighted by Crippen LogP contribution is 1.90. The molecule has 0 aromatic rings. The van der Waals surface area contributed by atoms with E-state index in [-0.39, 0.29) is 5.91 Å². The predicted octanol–water partition coefficient (Wildman–Crippen LogP) is 1.08. The molecule has 0 spiro atoms. The molecule has 1 amide bonds. The smallest absolute Gasteiger partial charge is 0.222 e. The van der Waals surface area contributed by atoms with Crippen molar-refractivity contribution in [1.29, 1.82) is 0 Å². The average Bonchev–Trinajstić information content (AvgIpc) is 1.90. The second-order valence-electron chi connectivity index (χ2n) is 1.83. The van der Waals surface area contributed by atoms with Crippen molar-refractivity contribution in [3.63, 3.8) is 0 Å². The molecule has 0 aromatic carbocycles. The molecule has 0 aliphatic carbocycles. The summed E-state index contributed by atoms with van der Waals surface area (Å²) in [5.74, 6) is 0.188. The van der Waals surface area contributed by atoms with Crippen LogP contribution in [-0.4, -0.2) is 23.9 Å². The van der Waals surface area contributed by atoms with Gasteiger partial charge in [0.1, 0.15) is 0 Å². The summed E-state index contributed by atoms with van der Waals surface area (Å²) in [6.45, 7) is 8.81. The van der Waals surface area contributed by atoms with Crippen molar-refractivity contribution in [2.75, 3.05) is 13.1 Å². The van der Waals surface area contributed by atoms with Gasteiger partial charge in [0, 0.05) is 19.5 Å². The number of rotatable bonds is 3. The Morgan fingerprint density at radius 2 is 2.11 bits per heavy atom. The topological polar surface area (TPSA) is 20.3 Å². The van der Waals surface area contributed by atoms with Gasteiger partial charge in [0.05, 0.1) is 0 Å². The quantitative estimate of drug-likeness (QED) is 0.557. The Balaban J connectivity index is 3.64. The van der Waals surface area contributed by atoms with E-state index >= 15 is 0 Å². The fraction of sp³-hybridized carbons (Fsp3) is 0.714. The normalized spacial score (nSPS) is 9.22. The zero-order valence-corrected chi connectivity index (χ0v) is 6.18. The lowest BCUT2D eigenvalue weighted by molar-refractivity contribution is -0.130. The highest BCUT2D eigenvalue weighted by molar-refractivity contribution is 5.75. The van der Waals surface area contributed by atoms with E-state index in [0.29, 0.717) is 13.0 Å². The summed E-state index contributed by atoms with van der Waals surface area (Å²) in [6.07, 6.45) is 0.587. The Kier molecular flexibility index (Phi) is 4.10. The third kappa shape index (κ3) is 2.49. The molecule has 0 aliphatic rings. The van der Waals surface area contributed by atoms with Crippen LogP contribution in [0.3, 0.4) is 0 Å². The molecule has 0 atom stereocenters. The Morgan fingerprint density at radius 3 is 2.22 bits per heavy atom. The van der Waals surface area contributed by atoms with Gasteiger partial charge in [-0.25, -0.2) is 0 Å². The van der Waals surface area contributed by atoms with Crippen molar-refractivity contribution in [1.82, 2.24) is 4.90 Å². The Labute approximate surface area is 56.9 Å². The summed E-state index contributed by atoms with van der Waals surface area (Å²) in [5.41, 5.74) is 0. The molecule has 0 bridgehead atoms. The van der Waals surface area contributed by atoms with E-state index in [1.807, 2.05) is 13.8 Å². The van der Waals surface area contributed by atoms with Crippen LogP contribution in [-0.2, 0) is 4.79 Å². The van der Waals surface area contributed by atoms with E-state index in [1.54, 1.807) is 4.90 Å². The molecular formula is C7H14NO. The first-order valence-corrected chi connectivity index (χ1v) is 3.33. The van der Waals surface area contributed by atoms with Gasteiger partial charge in [0.2, 0.25) is 5.91 Å². The lowest BCUT2D eigenvalue weighted by atomic mass is 10.4. The van der Waals surface area contributed by atoms with Crippen LogP contribution < -0.4 is 0 Å². The van der Waals surface area contributed by atoms with E-state index in [2.05, 4.69) is 6.92 Å². The third-order valence-corrected chi connectivity index (χ3v) is 1.31. The molecule has 2 heteroatoms. The van der Waals surface area contributed by atoms with Crippen LogP contribution in [0.4, 0.5) is 0 Å². The van der Waals surface area contributed by atoms with Crippen molar-refractivity contribution in [3.05, 3.63) is 6.92 Å². The first-order valence-electron chi connectivity index (χ1n) is 3.33. The first-order chi connectivity index (χ1) is 4.26. The van der Waals surface area contributed by atoms with Crippen molar-refractivity contribution in [2.45, 2.75) is 20.3 Å². The maximum absolute atomic E-state index is 10.9. The summed E-state index contributed by atoms with van der Waals surface area (Å²) in [5, 5.41) is 0. The fourth-order valence-electron chi connectivity index (χ4n) is 0.683. The van der Waals surface area contributed by atoms with Crippen LogP contribution in [0, 0.1) is 6.92 Å². The number of nitrogens with zero attached hydrogens (tertiary/aromatic N) is 1. The fourth-order valence-corrected chi connectivity index (χ4v) is 0.683. The molecule has 53 valence electrons. The van der Waals surface area contributed by atoms with Crippen LogP contribution in [0.15, 0.2) is 0 Å². The van der Waals surface area contributed by atoms with E-state index < -0.39 is 0 Å². The van der Waals surface area contributed by atoms with Gasteiger partial charge in [-0.3, -0.25) is 4.79 Å². The molecular weight excluding hydrogens is 114 g/mol. The molecule has 0 aliphatic heterocycles. The van der Waals surface area contributed by atoms with Crippen molar-refractivity contribution < 1.29 is 4.79 Å². The number of hydrogen-bond acceptors (Lipinski definition) is 1. The molecule has 1 radical (unpaired) electrons. The van der Waals surface area contributed by atoms with Crippen molar-refractivity contribution in [3.8, 4) is 0 Å². The van der Waals surface area contributed by atoms with E-state index in [4.69, 9.17) is 0 Å². The summed E-state index contributed by atoms with van der Waals surface area (Å²) in [7, 11) is 0. The molecule has 0 aromatic heterocycles. The molecule has 0 saturated carbocycles. The highest BCUT2D eigenvalue weighted by atomic mass is 16.2. The van der Waals surface area contributed by atoms with Gasteiger partial charge in [-0.1, -0.05) is 6.92 Å². The van der Waals surface area contributed by atoms with E-state index in [9.17, 15) is 4.79 Å². The SMILES string of the molecule is [CH2]CN(CC)C(=O)CC. The molecule has 0 N–H and O–H groups in total. The monoisotopic (exact) mass is 128 g/mol. The van der Waals surface area contributed by atoms with Crippen LogP contribution in [0.2, 0.25) is 0 Å². The predicted molar refractivity (Wildman–Crippen MR) is 37.9 cm³/mol. The summed E-state index contributed by atoms with van der Waals surface area (Å²) in [6, 6.07) is 0. The lowest BCUT2D eigenvalue weighted by Gasteiger charge is -2.16. The van der Waals surface area contributed by atoms with Gasteiger partial charge in [0.25, 0.3) is 0 Å². The minimum absolute atomic E-state index is 0.188. The number of amides is 1.